The normalized spacial score (nSPS) is 12.0. The summed E-state index contributed by atoms with van der Waals surface area (Å²) in [6.07, 6.45) is 5.75. The summed E-state index contributed by atoms with van der Waals surface area (Å²) >= 11 is 6.05. The van der Waals surface area contributed by atoms with E-state index < -0.39 is 12.0 Å². The van der Waals surface area contributed by atoms with Crippen LogP contribution in [0.25, 0.3) is 10.9 Å². The van der Waals surface area contributed by atoms with Crippen LogP contribution < -0.4 is 10.1 Å². The van der Waals surface area contributed by atoms with E-state index in [-0.39, 0.29) is 0 Å². The summed E-state index contributed by atoms with van der Waals surface area (Å²) in [7, 11) is 0. The van der Waals surface area contributed by atoms with Crippen LogP contribution >= 0.6 is 11.6 Å². The maximum atomic E-state index is 11.6. The Morgan fingerprint density at radius 3 is 2.66 bits per heavy atom. The molecule has 0 saturated heterocycles. The Morgan fingerprint density at radius 2 is 1.91 bits per heavy atom. The van der Waals surface area contributed by atoms with Crippen molar-refractivity contribution in [3.63, 3.8) is 0 Å². The van der Waals surface area contributed by atoms with E-state index in [1.807, 2.05) is 60.7 Å². The first-order valence-corrected chi connectivity index (χ1v) is 10.8. The van der Waals surface area contributed by atoms with Crippen LogP contribution in [0.5, 0.6) is 5.75 Å². The first-order chi connectivity index (χ1) is 15.6. The molecule has 6 nitrogen and oxygen atoms in total. The van der Waals surface area contributed by atoms with E-state index in [1.54, 1.807) is 23.2 Å². The van der Waals surface area contributed by atoms with E-state index in [2.05, 4.69) is 10.3 Å². The van der Waals surface area contributed by atoms with Gasteiger partial charge in [-0.1, -0.05) is 29.8 Å². The lowest BCUT2D eigenvalue weighted by Crippen LogP contribution is -2.21. The van der Waals surface area contributed by atoms with E-state index in [0.717, 1.165) is 27.8 Å². The van der Waals surface area contributed by atoms with Crippen molar-refractivity contribution in [2.24, 2.45) is 0 Å². The highest BCUT2D eigenvalue weighted by Crippen LogP contribution is 2.21. The standard InChI is InChI=1S/C25H24ClN3O3/c26-20-5-8-22-19(9-10-28-23(22)16-20)17-27-11-14-32-21-6-3-18(4-7-21)15-24(25(30)31)29-12-1-2-13-29/h1-10,12-13,16,24,27H,11,14-15,17H2,(H,30,31). The predicted octanol–water partition coefficient (Wildman–Crippen LogP) is 4.73. The number of carbonyl (C=O) groups is 1. The second-order valence-corrected chi connectivity index (χ2v) is 7.93. The number of ether oxygens (including phenoxy) is 1. The maximum absolute atomic E-state index is 11.6. The number of nitrogens with one attached hydrogen (secondary N) is 1. The zero-order valence-corrected chi connectivity index (χ0v) is 18.2. The molecule has 0 amide bonds. The van der Waals surface area contributed by atoms with Crippen LogP contribution in [0, 0.1) is 0 Å². The van der Waals surface area contributed by atoms with Crippen molar-refractivity contribution >= 4 is 28.5 Å². The second kappa shape index (κ2) is 10.3. The van der Waals surface area contributed by atoms with Gasteiger partial charge in [-0.05, 0) is 53.6 Å². The average molecular weight is 450 g/mol. The average Bonchev–Trinajstić information content (AvgIpc) is 3.32. The van der Waals surface area contributed by atoms with Gasteiger partial charge in [0.25, 0.3) is 0 Å². The SMILES string of the molecule is O=C(O)C(Cc1ccc(OCCNCc2ccnc3cc(Cl)ccc23)cc1)n1cccc1. The molecule has 0 aliphatic heterocycles. The van der Waals surface area contributed by atoms with Gasteiger partial charge in [0.15, 0.2) is 0 Å². The lowest BCUT2D eigenvalue weighted by Gasteiger charge is -2.15. The Balaban J connectivity index is 1.25. The molecule has 0 bridgehead atoms. The molecule has 7 heteroatoms. The van der Waals surface area contributed by atoms with Gasteiger partial charge in [-0.2, -0.15) is 0 Å². The Kier molecular flexibility index (Phi) is 7.04. The van der Waals surface area contributed by atoms with Gasteiger partial charge in [0.1, 0.15) is 18.4 Å². The van der Waals surface area contributed by atoms with E-state index in [4.69, 9.17) is 16.3 Å². The van der Waals surface area contributed by atoms with Crippen molar-refractivity contribution in [3.8, 4) is 5.75 Å². The van der Waals surface area contributed by atoms with Gasteiger partial charge < -0.3 is 19.7 Å². The summed E-state index contributed by atoms with van der Waals surface area (Å²) in [6, 6.07) is 18.3. The van der Waals surface area contributed by atoms with Crippen molar-refractivity contribution in [3.05, 3.63) is 95.4 Å². The van der Waals surface area contributed by atoms with Crippen LogP contribution in [0.3, 0.4) is 0 Å². The van der Waals surface area contributed by atoms with E-state index in [9.17, 15) is 9.90 Å². The van der Waals surface area contributed by atoms with E-state index in [0.29, 0.717) is 31.1 Å². The largest absolute Gasteiger partial charge is 0.492 e. The molecule has 0 saturated carbocycles. The molecule has 0 fully saturated rings. The van der Waals surface area contributed by atoms with Gasteiger partial charge in [0, 0.05) is 48.5 Å². The number of benzene rings is 2. The summed E-state index contributed by atoms with van der Waals surface area (Å²) in [6.45, 7) is 1.92. The Morgan fingerprint density at radius 1 is 1.12 bits per heavy atom. The smallest absolute Gasteiger partial charge is 0.327 e. The number of fused-ring (bicyclic) bond motifs is 1. The molecule has 0 spiro atoms. The van der Waals surface area contributed by atoms with Gasteiger partial charge in [-0.15, -0.1) is 0 Å². The first kappa shape index (κ1) is 21.9. The number of hydrogen-bond acceptors (Lipinski definition) is 4. The van der Waals surface area contributed by atoms with Crippen LogP contribution in [0.15, 0.2) is 79.3 Å². The number of pyridine rings is 1. The summed E-state index contributed by atoms with van der Waals surface area (Å²) in [5.74, 6) is -0.0925. The minimum Gasteiger partial charge on any atom is -0.492 e. The molecular formula is C25H24ClN3O3. The Bertz CT molecular complexity index is 1180. The summed E-state index contributed by atoms with van der Waals surface area (Å²) in [5, 5.41) is 14.7. The third-order valence-corrected chi connectivity index (χ3v) is 5.52. The topological polar surface area (TPSA) is 76.4 Å². The molecule has 1 unspecified atom stereocenters. The van der Waals surface area contributed by atoms with Gasteiger partial charge >= 0.3 is 5.97 Å². The first-order valence-electron chi connectivity index (χ1n) is 10.4. The second-order valence-electron chi connectivity index (χ2n) is 7.49. The van der Waals surface area contributed by atoms with Crippen molar-refractivity contribution in [2.75, 3.05) is 13.2 Å². The van der Waals surface area contributed by atoms with Gasteiger partial charge in [-0.3, -0.25) is 4.98 Å². The van der Waals surface area contributed by atoms with Crippen molar-refractivity contribution in [1.82, 2.24) is 14.9 Å². The van der Waals surface area contributed by atoms with E-state index in [1.165, 1.54) is 0 Å². The van der Waals surface area contributed by atoms with Gasteiger partial charge in [-0.25, -0.2) is 4.79 Å². The van der Waals surface area contributed by atoms with Crippen LogP contribution in [-0.4, -0.2) is 33.8 Å². The number of carboxylic acid groups (broad SMARTS) is 1. The minimum absolute atomic E-state index is 0.414. The number of halogens is 1. The van der Waals surface area contributed by atoms with Crippen LogP contribution in [0.4, 0.5) is 0 Å². The highest BCUT2D eigenvalue weighted by molar-refractivity contribution is 6.31. The fraction of sp³-hybridized carbons (Fsp3) is 0.200. The maximum Gasteiger partial charge on any atom is 0.327 e. The third kappa shape index (κ3) is 5.46. The molecule has 1 atom stereocenters. The fourth-order valence-electron chi connectivity index (χ4n) is 3.62. The molecule has 2 aromatic carbocycles. The number of aliphatic carboxylic acids is 1. The molecule has 2 heterocycles. The molecule has 4 aromatic rings. The lowest BCUT2D eigenvalue weighted by molar-refractivity contribution is -0.140. The number of nitrogens with zero attached hydrogens (tertiary/aromatic N) is 2. The van der Waals surface area contributed by atoms with Crippen molar-refractivity contribution in [1.29, 1.82) is 0 Å². The quantitative estimate of drug-likeness (QED) is 0.342. The minimum atomic E-state index is -0.849. The van der Waals surface area contributed by atoms with Gasteiger partial charge in [0.05, 0.1) is 5.52 Å². The zero-order valence-electron chi connectivity index (χ0n) is 17.4. The molecule has 0 radical (unpaired) electrons. The molecule has 0 aliphatic rings. The number of hydrogen-bond donors (Lipinski definition) is 2. The van der Waals surface area contributed by atoms with Crippen molar-refractivity contribution in [2.45, 2.75) is 19.0 Å². The molecule has 2 N–H and O–H groups in total. The molecule has 164 valence electrons. The highest BCUT2D eigenvalue weighted by Gasteiger charge is 2.19. The fourth-order valence-corrected chi connectivity index (χ4v) is 3.79. The highest BCUT2D eigenvalue weighted by atomic mass is 35.5. The van der Waals surface area contributed by atoms with Crippen molar-refractivity contribution < 1.29 is 14.6 Å². The number of rotatable bonds is 10. The number of carboxylic acids is 1. The predicted molar refractivity (Wildman–Crippen MR) is 125 cm³/mol. The molecule has 0 aliphatic carbocycles. The number of aromatic nitrogens is 2. The monoisotopic (exact) mass is 449 g/mol. The Hall–Kier alpha value is -3.35. The Labute approximate surface area is 191 Å². The molecule has 4 rings (SSSR count). The molecule has 2 aromatic heterocycles. The van der Waals surface area contributed by atoms with Crippen LogP contribution in [0.2, 0.25) is 5.02 Å². The zero-order chi connectivity index (χ0) is 22.3. The van der Waals surface area contributed by atoms with Gasteiger partial charge in [0.2, 0.25) is 0 Å². The molecular weight excluding hydrogens is 426 g/mol. The third-order valence-electron chi connectivity index (χ3n) is 5.28. The van der Waals surface area contributed by atoms with Crippen LogP contribution in [-0.2, 0) is 17.8 Å². The summed E-state index contributed by atoms with van der Waals surface area (Å²) in [4.78, 5) is 16.0. The van der Waals surface area contributed by atoms with E-state index >= 15 is 0 Å². The summed E-state index contributed by atoms with van der Waals surface area (Å²) in [5.41, 5.74) is 2.99. The summed E-state index contributed by atoms with van der Waals surface area (Å²) < 4.78 is 7.52. The van der Waals surface area contributed by atoms with Crippen LogP contribution in [0.1, 0.15) is 17.2 Å². The lowest BCUT2D eigenvalue weighted by atomic mass is 10.1. The molecule has 32 heavy (non-hydrogen) atoms.